The van der Waals surface area contributed by atoms with Gasteiger partial charge in [0, 0.05) is 11.4 Å². The summed E-state index contributed by atoms with van der Waals surface area (Å²) in [6, 6.07) is 9.03. The van der Waals surface area contributed by atoms with Crippen molar-refractivity contribution in [3.05, 3.63) is 52.5 Å². The van der Waals surface area contributed by atoms with E-state index in [4.69, 9.17) is 0 Å². The van der Waals surface area contributed by atoms with Crippen LogP contribution in [0.2, 0.25) is 0 Å². The summed E-state index contributed by atoms with van der Waals surface area (Å²) in [4.78, 5) is 23.9. The highest BCUT2D eigenvalue weighted by Gasteiger charge is 2.17. The number of amides is 2. The average Bonchev–Trinajstić information content (AvgIpc) is 3.01. The molecule has 0 aliphatic rings. The van der Waals surface area contributed by atoms with E-state index in [0.29, 0.717) is 4.88 Å². The Kier molecular flexibility index (Phi) is 5.02. The van der Waals surface area contributed by atoms with E-state index < -0.39 is 23.7 Å². The zero-order valence-electron chi connectivity index (χ0n) is 10.9. The summed E-state index contributed by atoms with van der Waals surface area (Å²) in [6.45, 7) is -0.0932. The average molecular weight is 308 g/mol. The van der Waals surface area contributed by atoms with Gasteiger partial charge in [0.05, 0.1) is 5.69 Å². The van der Waals surface area contributed by atoms with Gasteiger partial charge in [-0.05, 0) is 23.6 Å². The lowest BCUT2D eigenvalue weighted by Gasteiger charge is -2.10. The lowest BCUT2D eigenvalue weighted by molar-refractivity contribution is -0.136. The quantitative estimate of drug-likeness (QED) is 0.752. The largest absolute Gasteiger partial charge is 0.386 e. The van der Waals surface area contributed by atoms with Crippen molar-refractivity contribution in [2.24, 2.45) is 0 Å². The first kappa shape index (κ1) is 15.1. The minimum absolute atomic E-state index is 0.0727. The molecule has 2 amide bonds. The maximum atomic E-state index is 13.3. The molecule has 0 saturated heterocycles. The second-order valence-corrected chi connectivity index (χ2v) is 5.15. The maximum absolute atomic E-state index is 13.3. The van der Waals surface area contributed by atoms with Crippen LogP contribution in [0.5, 0.6) is 0 Å². The van der Waals surface area contributed by atoms with Crippen LogP contribution < -0.4 is 10.6 Å². The molecule has 5 nitrogen and oxygen atoms in total. The fourth-order valence-corrected chi connectivity index (χ4v) is 2.30. The molecule has 0 radical (unpaired) electrons. The first-order valence-corrected chi connectivity index (χ1v) is 7.01. The lowest BCUT2D eigenvalue weighted by Crippen LogP contribution is -2.37. The molecular weight excluding hydrogens is 295 g/mol. The zero-order chi connectivity index (χ0) is 15.2. The summed E-state index contributed by atoms with van der Waals surface area (Å²) in [5, 5.41) is 16.0. The number of anilines is 1. The Morgan fingerprint density at radius 1 is 1.19 bits per heavy atom. The van der Waals surface area contributed by atoms with E-state index in [1.807, 2.05) is 0 Å². The number of halogens is 1. The minimum atomic E-state index is -0.988. The summed E-state index contributed by atoms with van der Waals surface area (Å²) >= 11 is 1.34. The van der Waals surface area contributed by atoms with Crippen molar-refractivity contribution < 1.29 is 19.1 Å². The standard InChI is InChI=1S/C14H13FN2O3S/c15-9-4-1-2-5-10(9)17-14(20)13(19)16-8-11(18)12-6-3-7-21-12/h1-7,11,18H,8H2,(H,16,19)(H,17,20). The molecule has 0 spiro atoms. The first-order valence-electron chi connectivity index (χ1n) is 6.13. The number of aliphatic hydroxyl groups excluding tert-OH is 1. The summed E-state index contributed by atoms with van der Waals surface area (Å²) < 4.78 is 13.3. The third-order valence-electron chi connectivity index (χ3n) is 2.66. The molecule has 0 aliphatic heterocycles. The number of nitrogens with one attached hydrogen (secondary N) is 2. The van der Waals surface area contributed by atoms with Gasteiger partial charge >= 0.3 is 11.8 Å². The first-order chi connectivity index (χ1) is 10.1. The van der Waals surface area contributed by atoms with Crippen LogP contribution in [-0.2, 0) is 9.59 Å². The van der Waals surface area contributed by atoms with E-state index in [0.717, 1.165) is 0 Å². The van der Waals surface area contributed by atoms with Crippen molar-refractivity contribution in [1.29, 1.82) is 0 Å². The van der Waals surface area contributed by atoms with E-state index in [2.05, 4.69) is 10.6 Å². The van der Waals surface area contributed by atoms with Crippen LogP contribution in [0.3, 0.4) is 0 Å². The number of benzene rings is 1. The van der Waals surface area contributed by atoms with Gasteiger partial charge in [0.1, 0.15) is 11.9 Å². The maximum Gasteiger partial charge on any atom is 0.313 e. The van der Waals surface area contributed by atoms with E-state index >= 15 is 0 Å². The van der Waals surface area contributed by atoms with Crippen LogP contribution >= 0.6 is 11.3 Å². The van der Waals surface area contributed by atoms with E-state index in [1.165, 1.54) is 35.6 Å². The van der Waals surface area contributed by atoms with Crippen LogP contribution in [0.4, 0.5) is 10.1 Å². The van der Waals surface area contributed by atoms with Crippen LogP contribution in [0.1, 0.15) is 11.0 Å². The van der Waals surface area contributed by atoms with Gasteiger partial charge in [-0.1, -0.05) is 18.2 Å². The van der Waals surface area contributed by atoms with Crippen LogP contribution in [0.25, 0.3) is 0 Å². The molecule has 21 heavy (non-hydrogen) atoms. The summed E-state index contributed by atoms with van der Waals surface area (Å²) in [7, 11) is 0. The third kappa shape index (κ3) is 4.11. The van der Waals surface area contributed by atoms with Gasteiger partial charge in [-0.3, -0.25) is 9.59 Å². The highest BCUT2D eigenvalue weighted by molar-refractivity contribution is 7.10. The molecule has 7 heteroatoms. The monoisotopic (exact) mass is 308 g/mol. The number of carbonyl (C=O) groups excluding carboxylic acids is 2. The van der Waals surface area contributed by atoms with Gasteiger partial charge in [0.2, 0.25) is 0 Å². The van der Waals surface area contributed by atoms with Crippen molar-refractivity contribution >= 4 is 28.8 Å². The Balaban J connectivity index is 1.86. The number of para-hydroxylation sites is 1. The molecule has 1 aromatic carbocycles. The Labute approximate surface area is 124 Å². The summed E-state index contributed by atoms with van der Waals surface area (Å²) in [6.07, 6.45) is -0.879. The Bertz CT molecular complexity index is 631. The van der Waals surface area contributed by atoms with Gasteiger partial charge in [-0.15, -0.1) is 11.3 Å². The van der Waals surface area contributed by atoms with Crippen molar-refractivity contribution in [1.82, 2.24) is 5.32 Å². The molecule has 0 bridgehead atoms. The van der Waals surface area contributed by atoms with Gasteiger partial charge in [0.25, 0.3) is 0 Å². The Morgan fingerprint density at radius 3 is 2.62 bits per heavy atom. The molecular formula is C14H13FN2O3S. The van der Waals surface area contributed by atoms with Gasteiger partial charge in [-0.2, -0.15) is 0 Å². The predicted octanol–water partition coefficient (Wildman–Crippen LogP) is 1.68. The van der Waals surface area contributed by atoms with Gasteiger partial charge in [0.15, 0.2) is 0 Å². The van der Waals surface area contributed by atoms with E-state index in [-0.39, 0.29) is 12.2 Å². The number of hydrogen-bond donors (Lipinski definition) is 3. The molecule has 110 valence electrons. The number of aliphatic hydroxyl groups is 1. The number of hydrogen-bond acceptors (Lipinski definition) is 4. The number of carbonyl (C=O) groups is 2. The molecule has 0 saturated carbocycles. The fraction of sp³-hybridized carbons (Fsp3) is 0.143. The van der Waals surface area contributed by atoms with Crippen molar-refractivity contribution in [2.75, 3.05) is 11.9 Å². The molecule has 0 aliphatic carbocycles. The molecule has 2 aromatic rings. The second kappa shape index (κ2) is 6.96. The molecule has 0 fully saturated rings. The van der Waals surface area contributed by atoms with Crippen LogP contribution in [0.15, 0.2) is 41.8 Å². The lowest BCUT2D eigenvalue weighted by atomic mass is 10.3. The van der Waals surface area contributed by atoms with Crippen LogP contribution in [0, 0.1) is 5.82 Å². The van der Waals surface area contributed by atoms with Crippen molar-refractivity contribution in [3.8, 4) is 0 Å². The van der Waals surface area contributed by atoms with E-state index in [1.54, 1.807) is 17.5 Å². The molecule has 3 N–H and O–H groups in total. The summed E-state index contributed by atoms with van der Waals surface area (Å²) in [5.74, 6) is -2.55. The predicted molar refractivity (Wildman–Crippen MR) is 77.3 cm³/mol. The number of thiophene rings is 1. The van der Waals surface area contributed by atoms with Crippen LogP contribution in [-0.4, -0.2) is 23.5 Å². The number of rotatable bonds is 4. The second-order valence-electron chi connectivity index (χ2n) is 4.18. The topological polar surface area (TPSA) is 78.4 Å². The molecule has 1 unspecified atom stereocenters. The van der Waals surface area contributed by atoms with Crippen molar-refractivity contribution in [2.45, 2.75) is 6.10 Å². The Morgan fingerprint density at radius 2 is 1.95 bits per heavy atom. The summed E-state index contributed by atoms with van der Waals surface area (Å²) in [5.41, 5.74) is -0.0727. The van der Waals surface area contributed by atoms with Crippen molar-refractivity contribution in [3.63, 3.8) is 0 Å². The molecule has 1 atom stereocenters. The third-order valence-corrected chi connectivity index (χ3v) is 3.63. The molecule has 1 heterocycles. The smallest absolute Gasteiger partial charge is 0.313 e. The highest BCUT2D eigenvalue weighted by atomic mass is 32.1. The van der Waals surface area contributed by atoms with E-state index in [9.17, 15) is 19.1 Å². The molecule has 1 aromatic heterocycles. The minimum Gasteiger partial charge on any atom is -0.386 e. The Hall–Kier alpha value is -2.25. The molecule has 2 rings (SSSR count). The highest BCUT2D eigenvalue weighted by Crippen LogP contribution is 2.17. The van der Waals surface area contributed by atoms with Gasteiger partial charge in [-0.25, -0.2) is 4.39 Å². The fourth-order valence-electron chi connectivity index (χ4n) is 1.59. The van der Waals surface area contributed by atoms with Gasteiger partial charge < -0.3 is 15.7 Å². The zero-order valence-corrected chi connectivity index (χ0v) is 11.7. The normalized spacial score (nSPS) is 11.7. The SMILES string of the molecule is O=C(NCC(O)c1cccs1)C(=O)Nc1ccccc1F.